The lowest BCUT2D eigenvalue weighted by molar-refractivity contribution is 0.578. The quantitative estimate of drug-likeness (QED) is 0.644. The molecule has 2 aromatic heterocycles. The van der Waals surface area contributed by atoms with Crippen molar-refractivity contribution in [1.29, 1.82) is 0 Å². The van der Waals surface area contributed by atoms with E-state index in [0.29, 0.717) is 18.7 Å². The monoisotopic (exact) mass is 309 g/mol. The zero-order chi connectivity index (χ0) is 15.3. The third-order valence-corrected chi connectivity index (χ3v) is 4.61. The second-order valence-corrected chi connectivity index (χ2v) is 6.48. The van der Waals surface area contributed by atoms with Gasteiger partial charge in [0, 0.05) is 25.0 Å². The number of rotatable bonds is 7. The van der Waals surface area contributed by atoms with Crippen molar-refractivity contribution in [1.82, 2.24) is 19.9 Å². The number of sulfonamides is 1. The van der Waals surface area contributed by atoms with Crippen LogP contribution >= 0.6 is 0 Å². The molecule has 2 rings (SSSR count). The normalized spacial score (nSPS) is 11.7. The van der Waals surface area contributed by atoms with E-state index in [0.717, 1.165) is 17.7 Å². The second kappa shape index (κ2) is 6.79. The lowest BCUT2D eigenvalue weighted by Crippen LogP contribution is -2.25. The van der Waals surface area contributed by atoms with Gasteiger partial charge in [-0.15, -0.1) is 0 Å². The van der Waals surface area contributed by atoms with Gasteiger partial charge in [0.1, 0.15) is 4.90 Å². The highest BCUT2D eigenvalue weighted by molar-refractivity contribution is 7.89. The molecule has 8 heteroatoms. The number of H-pyrrole nitrogens is 1. The lowest BCUT2D eigenvalue weighted by Gasteiger charge is -2.07. The number of nitrogens with one attached hydrogen (secondary N) is 2. The number of nitrogens with two attached hydrogens (primary N) is 1. The zero-order valence-corrected chi connectivity index (χ0v) is 12.7. The summed E-state index contributed by atoms with van der Waals surface area (Å²) >= 11 is 0. The predicted molar refractivity (Wildman–Crippen MR) is 79.0 cm³/mol. The summed E-state index contributed by atoms with van der Waals surface area (Å²) in [6, 6.07) is 3.13. The fourth-order valence-electron chi connectivity index (χ4n) is 1.89. The third kappa shape index (κ3) is 4.10. The highest BCUT2D eigenvalue weighted by atomic mass is 32.2. The minimum atomic E-state index is -3.51. The summed E-state index contributed by atoms with van der Waals surface area (Å²) in [6.45, 7) is 2.60. The van der Waals surface area contributed by atoms with Crippen molar-refractivity contribution >= 4 is 10.0 Å². The summed E-state index contributed by atoms with van der Waals surface area (Å²) in [5, 5.41) is 6.79. The maximum Gasteiger partial charge on any atom is 0.242 e. The van der Waals surface area contributed by atoms with E-state index in [-0.39, 0.29) is 11.4 Å². The first-order valence-corrected chi connectivity index (χ1v) is 8.15. The number of aromatic nitrogens is 3. The Balaban J connectivity index is 1.87. The molecular weight excluding hydrogens is 290 g/mol. The average Bonchev–Trinajstić information content (AvgIpc) is 2.89. The van der Waals surface area contributed by atoms with Gasteiger partial charge in [0.25, 0.3) is 0 Å². The van der Waals surface area contributed by atoms with Gasteiger partial charge in [-0.05, 0) is 37.5 Å². The molecule has 4 N–H and O–H groups in total. The van der Waals surface area contributed by atoms with Crippen molar-refractivity contribution < 1.29 is 8.42 Å². The van der Waals surface area contributed by atoms with Crippen molar-refractivity contribution in [2.75, 3.05) is 6.54 Å². The number of pyridine rings is 1. The molecule has 0 saturated carbocycles. The Bertz CT molecular complexity index is 679. The van der Waals surface area contributed by atoms with E-state index in [1.807, 2.05) is 6.92 Å². The van der Waals surface area contributed by atoms with Crippen molar-refractivity contribution in [2.24, 2.45) is 5.73 Å². The molecule has 7 nitrogen and oxygen atoms in total. The predicted octanol–water partition coefficient (Wildman–Crippen LogP) is 0.483. The summed E-state index contributed by atoms with van der Waals surface area (Å²) in [5.41, 5.74) is 8.20. The van der Waals surface area contributed by atoms with E-state index < -0.39 is 10.0 Å². The molecule has 0 aliphatic carbocycles. The van der Waals surface area contributed by atoms with Crippen LogP contribution in [0.15, 0.2) is 29.4 Å². The number of hydrogen-bond acceptors (Lipinski definition) is 5. The Morgan fingerprint density at radius 3 is 2.71 bits per heavy atom. The maximum atomic E-state index is 12.1. The molecule has 0 spiro atoms. The first-order chi connectivity index (χ1) is 10.0. The molecule has 0 aliphatic rings. The molecule has 0 amide bonds. The van der Waals surface area contributed by atoms with Crippen LogP contribution in [0, 0.1) is 6.92 Å². The van der Waals surface area contributed by atoms with Gasteiger partial charge in [-0.2, -0.15) is 5.10 Å². The van der Waals surface area contributed by atoms with Crippen molar-refractivity contribution in [3.8, 4) is 0 Å². The minimum absolute atomic E-state index is 0.152. The lowest BCUT2D eigenvalue weighted by atomic mass is 10.1. The molecule has 0 unspecified atom stereocenters. The highest BCUT2D eigenvalue weighted by Crippen LogP contribution is 2.09. The maximum absolute atomic E-state index is 12.1. The van der Waals surface area contributed by atoms with Gasteiger partial charge in [-0.25, -0.2) is 13.1 Å². The zero-order valence-electron chi connectivity index (χ0n) is 11.8. The van der Waals surface area contributed by atoms with Crippen LogP contribution in [0.1, 0.15) is 23.4 Å². The first-order valence-electron chi connectivity index (χ1n) is 6.66. The molecule has 0 atom stereocenters. The van der Waals surface area contributed by atoms with E-state index in [2.05, 4.69) is 19.9 Å². The highest BCUT2D eigenvalue weighted by Gasteiger charge is 2.13. The Morgan fingerprint density at radius 2 is 2.14 bits per heavy atom. The molecule has 0 aliphatic heterocycles. The van der Waals surface area contributed by atoms with Gasteiger partial charge in [0.2, 0.25) is 10.0 Å². The molecule has 21 heavy (non-hydrogen) atoms. The molecule has 114 valence electrons. The fraction of sp³-hybridized carbons (Fsp3) is 0.385. The van der Waals surface area contributed by atoms with Gasteiger partial charge in [-0.3, -0.25) is 10.1 Å². The Morgan fingerprint density at radius 1 is 1.33 bits per heavy atom. The van der Waals surface area contributed by atoms with Crippen LogP contribution in [0.2, 0.25) is 0 Å². The van der Waals surface area contributed by atoms with Crippen LogP contribution in [0.4, 0.5) is 0 Å². The Labute approximate surface area is 124 Å². The summed E-state index contributed by atoms with van der Waals surface area (Å²) in [4.78, 5) is 4.14. The average molecular weight is 309 g/mol. The van der Waals surface area contributed by atoms with Crippen molar-refractivity contribution in [3.63, 3.8) is 0 Å². The van der Waals surface area contributed by atoms with Gasteiger partial charge in [-0.1, -0.05) is 0 Å². The van der Waals surface area contributed by atoms with Crippen molar-refractivity contribution in [2.45, 2.75) is 31.2 Å². The van der Waals surface area contributed by atoms with Gasteiger partial charge < -0.3 is 5.73 Å². The molecule has 0 saturated heterocycles. The van der Waals surface area contributed by atoms with Gasteiger partial charge in [0.15, 0.2) is 0 Å². The first kappa shape index (κ1) is 15.6. The molecular formula is C13H19N5O2S. The fourth-order valence-corrected chi connectivity index (χ4v) is 2.91. The number of aromatic amines is 1. The van der Waals surface area contributed by atoms with E-state index in [1.54, 1.807) is 12.3 Å². The molecule has 0 aromatic carbocycles. The van der Waals surface area contributed by atoms with Crippen molar-refractivity contribution in [3.05, 3.63) is 41.5 Å². The molecule has 2 aromatic rings. The van der Waals surface area contributed by atoms with Crippen LogP contribution in [-0.2, 0) is 23.0 Å². The molecule has 0 fully saturated rings. The van der Waals surface area contributed by atoms with Gasteiger partial charge in [0.05, 0.1) is 11.9 Å². The standard InChI is InChI=1S/C13H19N5O2S/c1-10-11(8-16-18-10)3-2-6-17-21(19,20)13-5-4-12(7-14)15-9-13/h4-5,8-9,17H,2-3,6-7,14H2,1H3,(H,16,18). The van der Waals surface area contributed by atoms with E-state index in [4.69, 9.17) is 5.73 Å². The van der Waals surface area contributed by atoms with E-state index >= 15 is 0 Å². The summed E-state index contributed by atoms with van der Waals surface area (Å²) < 4.78 is 26.7. The van der Waals surface area contributed by atoms with E-state index in [9.17, 15) is 8.42 Å². The second-order valence-electron chi connectivity index (χ2n) is 4.71. The summed E-state index contributed by atoms with van der Waals surface area (Å²) in [6.07, 6.45) is 4.56. The number of hydrogen-bond donors (Lipinski definition) is 3. The Hall–Kier alpha value is -1.77. The summed E-state index contributed by atoms with van der Waals surface area (Å²) in [5.74, 6) is 0. The van der Waals surface area contributed by atoms with Crippen LogP contribution in [-0.4, -0.2) is 30.1 Å². The molecule has 2 heterocycles. The molecule has 0 bridgehead atoms. The minimum Gasteiger partial charge on any atom is -0.325 e. The van der Waals surface area contributed by atoms with E-state index in [1.165, 1.54) is 12.3 Å². The topological polar surface area (TPSA) is 114 Å². The SMILES string of the molecule is Cc1[nH]ncc1CCCNS(=O)(=O)c1ccc(CN)nc1. The van der Waals surface area contributed by atoms with Crippen LogP contribution in [0.5, 0.6) is 0 Å². The number of nitrogens with zero attached hydrogens (tertiary/aromatic N) is 2. The molecule has 0 radical (unpaired) electrons. The Kier molecular flexibility index (Phi) is 5.05. The van der Waals surface area contributed by atoms with Crippen LogP contribution in [0.3, 0.4) is 0 Å². The van der Waals surface area contributed by atoms with Crippen LogP contribution < -0.4 is 10.5 Å². The largest absolute Gasteiger partial charge is 0.325 e. The third-order valence-electron chi connectivity index (χ3n) is 3.17. The number of aryl methyl sites for hydroxylation is 2. The van der Waals surface area contributed by atoms with Crippen LogP contribution in [0.25, 0.3) is 0 Å². The summed E-state index contributed by atoms with van der Waals surface area (Å²) in [7, 11) is -3.51. The van der Waals surface area contributed by atoms with Gasteiger partial charge >= 0.3 is 0 Å². The smallest absolute Gasteiger partial charge is 0.242 e.